The summed E-state index contributed by atoms with van der Waals surface area (Å²) in [5, 5.41) is -0.304. The molecule has 0 unspecified atom stereocenters. The van der Waals surface area contributed by atoms with Gasteiger partial charge >= 0.3 is 0 Å². The van der Waals surface area contributed by atoms with Gasteiger partial charge in [0.25, 0.3) is 10.0 Å². The molecule has 0 aliphatic carbocycles. The van der Waals surface area contributed by atoms with E-state index in [1.165, 1.54) is 18.2 Å². The Kier molecular flexibility index (Phi) is 5.44. The van der Waals surface area contributed by atoms with Gasteiger partial charge in [-0.25, -0.2) is 26.2 Å². The zero-order valence-electron chi connectivity index (χ0n) is 13.9. The lowest BCUT2D eigenvalue weighted by Crippen LogP contribution is -2.13. The summed E-state index contributed by atoms with van der Waals surface area (Å²) in [6, 6.07) is 7.59. The number of hydrogen-bond acceptors (Lipinski definition) is 6. The van der Waals surface area contributed by atoms with Crippen LogP contribution in [-0.2, 0) is 19.9 Å². The minimum absolute atomic E-state index is 0.00235. The summed E-state index contributed by atoms with van der Waals surface area (Å²) in [6.45, 7) is 1.76. The molecule has 1 heterocycles. The van der Waals surface area contributed by atoms with Crippen LogP contribution in [0, 0.1) is 5.82 Å². The van der Waals surface area contributed by atoms with E-state index in [0.29, 0.717) is 16.6 Å². The molecule has 3 aromatic rings. The van der Waals surface area contributed by atoms with E-state index in [1.807, 2.05) is 0 Å². The van der Waals surface area contributed by atoms with Crippen LogP contribution < -0.4 is 4.72 Å². The van der Waals surface area contributed by atoms with Gasteiger partial charge < -0.3 is 0 Å². The smallest absolute Gasteiger partial charge is 0.261 e. The first-order valence-corrected chi connectivity index (χ1v) is 12.1. The molecule has 0 radical (unpaired) electrons. The molecule has 27 heavy (non-hydrogen) atoms. The third-order valence-corrected chi connectivity index (χ3v) is 8.62. The van der Waals surface area contributed by atoms with Crippen molar-refractivity contribution in [2.75, 3.05) is 10.5 Å². The highest BCUT2D eigenvalue weighted by Crippen LogP contribution is 2.30. The number of sulfonamides is 1. The van der Waals surface area contributed by atoms with Crippen molar-refractivity contribution in [2.45, 2.75) is 22.6 Å². The molecule has 0 amide bonds. The first-order valence-electron chi connectivity index (χ1n) is 7.73. The summed E-state index contributed by atoms with van der Waals surface area (Å²) >= 11 is 6.62. The van der Waals surface area contributed by atoms with Crippen LogP contribution in [0.4, 0.5) is 10.1 Å². The highest BCUT2D eigenvalue weighted by atomic mass is 35.5. The van der Waals surface area contributed by atoms with Gasteiger partial charge in [0.1, 0.15) is 5.82 Å². The van der Waals surface area contributed by atoms with Gasteiger partial charge in [0.05, 0.1) is 31.6 Å². The second-order valence-electron chi connectivity index (χ2n) is 5.66. The second-order valence-corrected chi connectivity index (χ2v) is 11.1. The van der Waals surface area contributed by atoms with Gasteiger partial charge in [0.2, 0.25) is 14.2 Å². The maximum Gasteiger partial charge on any atom is 0.261 e. The van der Waals surface area contributed by atoms with Crippen LogP contribution >= 0.6 is 22.9 Å². The van der Waals surface area contributed by atoms with Crippen molar-refractivity contribution in [2.24, 2.45) is 0 Å². The lowest BCUT2D eigenvalue weighted by molar-refractivity contribution is 0.593. The van der Waals surface area contributed by atoms with E-state index in [1.54, 1.807) is 6.92 Å². The van der Waals surface area contributed by atoms with Crippen molar-refractivity contribution in [1.82, 2.24) is 4.98 Å². The molecule has 1 aromatic heterocycles. The van der Waals surface area contributed by atoms with Crippen LogP contribution in [0.25, 0.3) is 10.2 Å². The van der Waals surface area contributed by atoms with Gasteiger partial charge in [-0.1, -0.05) is 18.5 Å². The monoisotopic (exact) mass is 448 g/mol. The van der Waals surface area contributed by atoms with Crippen LogP contribution in [0.2, 0.25) is 5.02 Å². The average Bonchev–Trinajstić information content (AvgIpc) is 3.01. The topological polar surface area (TPSA) is 93.2 Å². The molecule has 0 fully saturated rings. The van der Waals surface area contributed by atoms with E-state index in [2.05, 4.69) is 9.71 Å². The normalized spacial score (nSPS) is 12.4. The number of benzene rings is 2. The van der Waals surface area contributed by atoms with E-state index in [-0.39, 0.29) is 25.7 Å². The molecule has 0 bridgehead atoms. The molecule has 144 valence electrons. The number of anilines is 1. The first kappa shape index (κ1) is 20.0. The number of rotatable bonds is 6. The van der Waals surface area contributed by atoms with Gasteiger partial charge in [0.15, 0.2) is 0 Å². The number of fused-ring (bicyclic) bond motifs is 1. The Morgan fingerprint density at radius 1 is 1.15 bits per heavy atom. The van der Waals surface area contributed by atoms with Crippen molar-refractivity contribution in [3.05, 3.63) is 47.2 Å². The van der Waals surface area contributed by atoms with Crippen LogP contribution in [0.1, 0.15) is 13.3 Å². The zero-order valence-corrected chi connectivity index (χ0v) is 17.1. The molecule has 0 aliphatic heterocycles. The summed E-state index contributed by atoms with van der Waals surface area (Å²) in [6.07, 6.45) is 0.476. The predicted molar refractivity (Wildman–Crippen MR) is 104 cm³/mol. The third-order valence-electron chi connectivity index (χ3n) is 3.56. The molecule has 6 nitrogen and oxygen atoms in total. The molecule has 0 atom stereocenters. The van der Waals surface area contributed by atoms with Crippen LogP contribution in [0.3, 0.4) is 0 Å². The summed E-state index contributed by atoms with van der Waals surface area (Å²) < 4.78 is 65.3. The van der Waals surface area contributed by atoms with Crippen molar-refractivity contribution >= 4 is 58.7 Å². The van der Waals surface area contributed by atoms with Gasteiger partial charge in [0, 0.05) is 0 Å². The number of sulfone groups is 1. The Morgan fingerprint density at radius 2 is 1.89 bits per heavy atom. The van der Waals surface area contributed by atoms with Gasteiger partial charge in [-0.2, -0.15) is 0 Å². The van der Waals surface area contributed by atoms with Gasteiger partial charge in [-0.15, -0.1) is 11.3 Å². The zero-order chi connectivity index (χ0) is 19.8. The standard InChI is InChI=1S/C16H14ClFN2O4S3/c1-2-7-26(21,22)16-19-14-6-3-10(8-15(14)25-16)20-27(23,24)11-4-5-13(18)12(17)9-11/h3-6,8-9,20H,2,7H2,1H3. The second kappa shape index (κ2) is 7.34. The molecule has 0 aliphatic rings. The fourth-order valence-electron chi connectivity index (χ4n) is 2.31. The van der Waals surface area contributed by atoms with Crippen LogP contribution in [0.15, 0.2) is 45.6 Å². The molecule has 3 rings (SSSR count). The molecular weight excluding hydrogens is 435 g/mol. The van der Waals surface area contributed by atoms with Crippen LogP contribution in [-0.4, -0.2) is 27.6 Å². The van der Waals surface area contributed by atoms with E-state index >= 15 is 0 Å². The molecule has 11 heteroatoms. The highest BCUT2D eigenvalue weighted by Gasteiger charge is 2.20. The Morgan fingerprint density at radius 3 is 2.56 bits per heavy atom. The van der Waals surface area contributed by atoms with E-state index in [9.17, 15) is 21.2 Å². The number of nitrogens with zero attached hydrogens (tertiary/aromatic N) is 1. The largest absolute Gasteiger partial charge is 0.280 e. The van der Waals surface area contributed by atoms with Crippen molar-refractivity contribution in [1.29, 1.82) is 0 Å². The summed E-state index contributed by atoms with van der Waals surface area (Å²) in [4.78, 5) is 3.92. The molecule has 2 aromatic carbocycles. The third kappa shape index (κ3) is 4.23. The maximum absolute atomic E-state index is 13.2. The summed E-state index contributed by atoms with van der Waals surface area (Å²) in [5.41, 5.74) is 0.688. The fraction of sp³-hybridized carbons (Fsp3) is 0.188. The Labute approximate surface area is 165 Å². The van der Waals surface area contributed by atoms with Crippen molar-refractivity contribution < 1.29 is 21.2 Å². The van der Waals surface area contributed by atoms with Crippen LogP contribution in [0.5, 0.6) is 0 Å². The van der Waals surface area contributed by atoms with Crippen molar-refractivity contribution in [3.8, 4) is 0 Å². The van der Waals surface area contributed by atoms with Crippen molar-refractivity contribution in [3.63, 3.8) is 0 Å². The van der Waals surface area contributed by atoms with Gasteiger partial charge in [-0.05, 0) is 42.8 Å². The minimum Gasteiger partial charge on any atom is -0.280 e. The minimum atomic E-state index is -3.99. The average molecular weight is 449 g/mol. The summed E-state index contributed by atoms with van der Waals surface area (Å²) in [7, 11) is -7.44. The highest BCUT2D eigenvalue weighted by molar-refractivity contribution is 7.93. The lowest BCUT2D eigenvalue weighted by atomic mass is 10.3. The van der Waals surface area contributed by atoms with Gasteiger partial charge in [-0.3, -0.25) is 4.72 Å². The Balaban J connectivity index is 1.94. The number of nitrogens with one attached hydrogen (secondary N) is 1. The van der Waals surface area contributed by atoms with E-state index < -0.39 is 25.7 Å². The maximum atomic E-state index is 13.2. The first-order chi connectivity index (χ1) is 12.6. The summed E-state index contributed by atoms with van der Waals surface area (Å²) in [5.74, 6) is -0.722. The molecule has 1 N–H and O–H groups in total. The quantitative estimate of drug-likeness (QED) is 0.613. The fourth-order valence-corrected chi connectivity index (χ4v) is 6.35. The molecule has 0 saturated carbocycles. The number of thiazole rings is 1. The Hall–Kier alpha value is -1.75. The lowest BCUT2D eigenvalue weighted by Gasteiger charge is -2.08. The predicted octanol–water partition coefficient (Wildman–Crippen LogP) is 4.07. The molecule has 0 spiro atoms. The number of halogens is 2. The number of aromatic nitrogens is 1. The Bertz CT molecular complexity index is 1220. The SMILES string of the molecule is CCCS(=O)(=O)c1nc2ccc(NS(=O)(=O)c3ccc(F)c(Cl)c3)cc2s1. The van der Waals surface area contributed by atoms with E-state index in [4.69, 9.17) is 11.6 Å². The molecular formula is C16H14ClFN2O4S3. The van der Waals surface area contributed by atoms with E-state index in [0.717, 1.165) is 29.5 Å². The number of hydrogen-bond donors (Lipinski definition) is 1. The molecule has 0 saturated heterocycles.